The van der Waals surface area contributed by atoms with E-state index in [4.69, 9.17) is 4.84 Å². The zero-order valence-corrected chi connectivity index (χ0v) is 15.1. The lowest BCUT2D eigenvalue weighted by Gasteiger charge is -2.05. The molecule has 4 aromatic rings. The number of carbonyl (C=O) groups excluding carboxylic acids is 1. The summed E-state index contributed by atoms with van der Waals surface area (Å²) >= 11 is 0. The van der Waals surface area contributed by atoms with Crippen LogP contribution in [0.5, 0.6) is 0 Å². The van der Waals surface area contributed by atoms with Crippen LogP contribution in [0.25, 0.3) is 21.5 Å². The first-order valence-electron chi connectivity index (χ1n) is 8.90. The van der Waals surface area contributed by atoms with Crippen molar-refractivity contribution in [3.8, 4) is 0 Å². The summed E-state index contributed by atoms with van der Waals surface area (Å²) in [6.07, 6.45) is 0.194. The second-order valence-electron chi connectivity index (χ2n) is 6.56. The highest BCUT2D eigenvalue weighted by atomic mass is 16.7. The summed E-state index contributed by atoms with van der Waals surface area (Å²) in [5, 5.41) is 8.59. The Balaban J connectivity index is 1.46. The first-order chi connectivity index (χ1) is 13.2. The minimum absolute atomic E-state index is 0.194. The Morgan fingerprint density at radius 1 is 0.778 bits per heavy atom. The Morgan fingerprint density at radius 2 is 1.37 bits per heavy atom. The highest BCUT2D eigenvalue weighted by molar-refractivity contribution is 6.02. The molecule has 0 unspecified atom stereocenters. The minimum Gasteiger partial charge on any atom is -0.318 e. The van der Waals surface area contributed by atoms with Gasteiger partial charge in [0.25, 0.3) is 0 Å². The predicted molar refractivity (Wildman–Crippen MR) is 110 cm³/mol. The second-order valence-corrected chi connectivity index (χ2v) is 6.56. The first-order valence-corrected chi connectivity index (χ1v) is 8.90. The molecule has 0 spiro atoms. The van der Waals surface area contributed by atoms with Gasteiger partial charge in [0.1, 0.15) is 0 Å². The molecule has 0 amide bonds. The van der Waals surface area contributed by atoms with Crippen LogP contribution in [0.1, 0.15) is 18.1 Å². The molecule has 3 nitrogen and oxygen atoms in total. The van der Waals surface area contributed by atoms with E-state index < -0.39 is 0 Å². The number of oxime groups is 1. The molecule has 0 saturated carbocycles. The zero-order chi connectivity index (χ0) is 18.6. The molecule has 0 radical (unpaired) electrons. The average molecular weight is 353 g/mol. The molecule has 4 aromatic carbocycles. The van der Waals surface area contributed by atoms with Gasteiger partial charge in [-0.25, -0.2) is 4.79 Å². The average Bonchev–Trinajstić information content (AvgIpc) is 2.71. The van der Waals surface area contributed by atoms with Gasteiger partial charge >= 0.3 is 5.97 Å². The van der Waals surface area contributed by atoms with Gasteiger partial charge < -0.3 is 4.84 Å². The van der Waals surface area contributed by atoms with Crippen LogP contribution >= 0.6 is 0 Å². The first kappa shape index (κ1) is 17.0. The Labute approximate surface area is 157 Å². The van der Waals surface area contributed by atoms with E-state index in [-0.39, 0.29) is 12.4 Å². The molecule has 0 aliphatic carbocycles. The number of rotatable bonds is 4. The number of hydrogen-bond donors (Lipinski definition) is 0. The van der Waals surface area contributed by atoms with Crippen molar-refractivity contribution in [1.82, 2.24) is 0 Å². The van der Waals surface area contributed by atoms with E-state index in [1.165, 1.54) is 5.39 Å². The number of benzene rings is 4. The van der Waals surface area contributed by atoms with Crippen molar-refractivity contribution in [3.63, 3.8) is 0 Å². The molecule has 0 aliphatic heterocycles. The van der Waals surface area contributed by atoms with E-state index in [1.807, 2.05) is 73.7 Å². The second kappa shape index (κ2) is 7.42. The standard InChI is InChI=1S/C24H19NO2/c1-17(21-13-12-20-7-3-5-9-23(20)16-21)25-27-24(26)15-18-10-11-19-6-2-4-8-22(19)14-18/h2-14,16H,15H2,1H3. The molecule has 0 N–H and O–H groups in total. The van der Waals surface area contributed by atoms with E-state index in [0.29, 0.717) is 5.71 Å². The Hall–Kier alpha value is -3.46. The monoisotopic (exact) mass is 353 g/mol. The third-order valence-electron chi connectivity index (χ3n) is 4.61. The quantitative estimate of drug-likeness (QED) is 0.276. The summed E-state index contributed by atoms with van der Waals surface area (Å²) in [6, 6.07) is 28.3. The Kier molecular flexibility index (Phi) is 4.67. The number of nitrogens with zero attached hydrogens (tertiary/aromatic N) is 1. The summed E-state index contributed by atoms with van der Waals surface area (Å²) < 4.78 is 0. The van der Waals surface area contributed by atoms with E-state index in [1.54, 1.807) is 0 Å². The summed E-state index contributed by atoms with van der Waals surface area (Å²) in [5.74, 6) is -0.370. The SMILES string of the molecule is CC(=NOC(=O)Cc1ccc2ccccc2c1)c1ccc2ccccc2c1. The molecule has 0 atom stereocenters. The molecule has 0 fully saturated rings. The van der Waals surface area contributed by atoms with Gasteiger partial charge in [-0.05, 0) is 45.7 Å². The van der Waals surface area contributed by atoms with E-state index in [0.717, 1.165) is 27.3 Å². The maximum absolute atomic E-state index is 12.2. The maximum Gasteiger partial charge on any atom is 0.339 e. The van der Waals surface area contributed by atoms with Crippen LogP contribution in [-0.4, -0.2) is 11.7 Å². The Morgan fingerprint density at radius 3 is 2.07 bits per heavy atom. The summed E-state index contributed by atoms with van der Waals surface area (Å²) in [4.78, 5) is 17.3. The van der Waals surface area contributed by atoms with Crippen LogP contribution in [0.15, 0.2) is 90.1 Å². The topological polar surface area (TPSA) is 38.7 Å². The third kappa shape index (κ3) is 3.87. The van der Waals surface area contributed by atoms with Crippen LogP contribution < -0.4 is 0 Å². The predicted octanol–water partition coefficient (Wildman–Crippen LogP) is 5.50. The fourth-order valence-corrected chi connectivity index (χ4v) is 3.13. The van der Waals surface area contributed by atoms with Gasteiger partial charge in [0.05, 0.1) is 12.1 Å². The molecule has 0 heterocycles. The van der Waals surface area contributed by atoms with Crippen LogP contribution in [-0.2, 0) is 16.1 Å². The van der Waals surface area contributed by atoms with E-state index >= 15 is 0 Å². The van der Waals surface area contributed by atoms with Crippen molar-refractivity contribution >= 4 is 33.2 Å². The molecule has 4 rings (SSSR count). The molecular formula is C24H19NO2. The van der Waals surface area contributed by atoms with Crippen molar-refractivity contribution in [2.75, 3.05) is 0 Å². The van der Waals surface area contributed by atoms with Gasteiger partial charge in [0.2, 0.25) is 0 Å². The van der Waals surface area contributed by atoms with Crippen molar-refractivity contribution in [2.24, 2.45) is 5.16 Å². The van der Waals surface area contributed by atoms with Gasteiger partial charge in [-0.15, -0.1) is 0 Å². The van der Waals surface area contributed by atoms with Gasteiger partial charge in [-0.2, -0.15) is 0 Å². The largest absolute Gasteiger partial charge is 0.339 e. The van der Waals surface area contributed by atoms with Crippen molar-refractivity contribution in [1.29, 1.82) is 0 Å². The normalized spacial score (nSPS) is 11.7. The Bertz CT molecular complexity index is 1160. The molecular weight excluding hydrogens is 334 g/mol. The number of fused-ring (bicyclic) bond motifs is 2. The molecule has 0 bridgehead atoms. The lowest BCUT2D eigenvalue weighted by Crippen LogP contribution is -2.06. The molecule has 0 aliphatic rings. The molecule has 27 heavy (non-hydrogen) atoms. The zero-order valence-electron chi connectivity index (χ0n) is 15.1. The molecule has 0 aromatic heterocycles. The number of carbonyl (C=O) groups is 1. The molecule has 3 heteroatoms. The highest BCUT2D eigenvalue weighted by Gasteiger charge is 2.07. The van der Waals surface area contributed by atoms with Gasteiger partial charge in [0.15, 0.2) is 0 Å². The smallest absolute Gasteiger partial charge is 0.318 e. The van der Waals surface area contributed by atoms with Crippen LogP contribution in [0.4, 0.5) is 0 Å². The lowest BCUT2D eigenvalue weighted by molar-refractivity contribution is -0.142. The van der Waals surface area contributed by atoms with Gasteiger partial charge in [0, 0.05) is 0 Å². The number of hydrogen-bond acceptors (Lipinski definition) is 3. The third-order valence-corrected chi connectivity index (χ3v) is 4.61. The van der Waals surface area contributed by atoms with Gasteiger partial charge in [-0.3, -0.25) is 0 Å². The maximum atomic E-state index is 12.2. The summed E-state index contributed by atoms with van der Waals surface area (Å²) in [5.41, 5.74) is 2.53. The lowest BCUT2D eigenvalue weighted by atomic mass is 10.0. The molecule has 132 valence electrons. The fraction of sp³-hybridized carbons (Fsp3) is 0.0833. The highest BCUT2D eigenvalue weighted by Crippen LogP contribution is 2.17. The van der Waals surface area contributed by atoms with Gasteiger partial charge in [-0.1, -0.05) is 84.0 Å². The van der Waals surface area contributed by atoms with Crippen LogP contribution in [0.3, 0.4) is 0 Å². The van der Waals surface area contributed by atoms with Crippen molar-refractivity contribution in [2.45, 2.75) is 13.3 Å². The van der Waals surface area contributed by atoms with Crippen LogP contribution in [0.2, 0.25) is 0 Å². The summed E-state index contributed by atoms with van der Waals surface area (Å²) in [7, 11) is 0. The van der Waals surface area contributed by atoms with Crippen LogP contribution in [0, 0.1) is 0 Å². The minimum atomic E-state index is -0.370. The van der Waals surface area contributed by atoms with Crippen molar-refractivity contribution < 1.29 is 9.63 Å². The molecule has 0 saturated heterocycles. The van der Waals surface area contributed by atoms with Crippen molar-refractivity contribution in [3.05, 3.63) is 96.1 Å². The fourth-order valence-electron chi connectivity index (χ4n) is 3.13. The van der Waals surface area contributed by atoms with E-state index in [9.17, 15) is 4.79 Å². The summed E-state index contributed by atoms with van der Waals surface area (Å²) in [6.45, 7) is 1.84. The van der Waals surface area contributed by atoms with E-state index in [2.05, 4.69) is 23.4 Å².